The molecule has 102 valence electrons. The van der Waals surface area contributed by atoms with Gasteiger partial charge in [-0.1, -0.05) is 24.2 Å². The normalized spacial score (nSPS) is 10.8. The van der Waals surface area contributed by atoms with Crippen LogP contribution in [0.15, 0.2) is 39.8 Å². The minimum atomic E-state index is 0.850. The van der Waals surface area contributed by atoms with Gasteiger partial charge in [0.25, 0.3) is 0 Å². The van der Waals surface area contributed by atoms with E-state index in [9.17, 15) is 0 Å². The molecular weight excluding hydrogens is 256 g/mol. The number of aromatic nitrogens is 1. The molecule has 2 aromatic rings. The molecule has 2 rings (SSSR count). The highest BCUT2D eigenvalue weighted by Gasteiger charge is 2.02. The maximum Gasteiger partial charge on any atom is 0.133 e. The summed E-state index contributed by atoms with van der Waals surface area (Å²) >= 11 is 1.79. The van der Waals surface area contributed by atoms with E-state index in [4.69, 9.17) is 4.52 Å². The summed E-state index contributed by atoms with van der Waals surface area (Å²) in [6, 6.07) is 10.6. The number of nitrogens with one attached hydrogen (secondary N) is 1. The van der Waals surface area contributed by atoms with Crippen LogP contribution in [0, 0.1) is 6.92 Å². The average molecular weight is 276 g/mol. The number of aryl methyl sites for hydroxylation is 1. The van der Waals surface area contributed by atoms with E-state index in [1.54, 1.807) is 11.8 Å². The maximum absolute atomic E-state index is 5.07. The van der Waals surface area contributed by atoms with Crippen molar-refractivity contribution < 1.29 is 4.52 Å². The molecule has 0 amide bonds. The third-order valence-electron chi connectivity index (χ3n) is 2.72. The monoisotopic (exact) mass is 276 g/mol. The Morgan fingerprint density at radius 3 is 2.95 bits per heavy atom. The van der Waals surface area contributed by atoms with Gasteiger partial charge in [-0.15, -0.1) is 11.8 Å². The summed E-state index contributed by atoms with van der Waals surface area (Å²) < 4.78 is 5.07. The first-order valence-corrected chi connectivity index (χ1v) is 7.61. The number of hydrogen-bond acceptors (Lipinski definition) is 4. The van der Waals surface area contributed by atoms with Crippen molar-refractivity contribution in [2.24, 2.45) is 0 Å². The first-order valence-electron chi connectivity index (χ1n) is 6.62. The standard InChI is InChI=1S/C15H20N2OS/c1-3-7-16-10-13-5-4-6-15(9-13)19-11-14-8-12(2)18-17-14/h4-6,8-9,16H,3,7,10-11H2,1-2H3. The highest BCUT2D eigenvalue weighted by atomic mass is 32.2. The molecule has 1 aromatic carbocycles. The van der Waals surface area contributed by atoms with Crippen molar-refractivity contribution in [3.63, 3.8) is 0 Å². The Bertz CT molecular complexity index is 510. The highest BCUT2D eigenvalue weighted by molar-refractivity contribution is 7.98. The van der Waals surface area contributed by atoms with Gasteiger partial charge in [-0.25, -0.2) is 0 Å². The summed E-state index contributed by atoms with van der Waals surface area (Å²) in [5.74, 6) is 1.72. The summed E-state index contributed by atoms with van der Waals surface area (Å²) in [4.78, 5) is 1.27. The summed E-state index contributed by atoms with van der Waals surface area (Å²) in [7, 11) is 0. The molecule has 1 N–H and O–H groups in total. The van der Waals surface area contributed by atoms with E-state index in [0.717, 1.165) is 30.3 Å². The zero-order valence-electron chi connectivity index (χ0n) is 11.5. The minimum absolute atomic E-state index is 0.850. The fourth-order valence-corrected chi connectivity index (χ4v) is 2.66. The van der Waals surface area contributed by atoms with Crippen LogP contribution in [0.5, 0.6) is 0 Å². The Morgan fingerprint density at radius 1 is 1.32 bits per heavy atom. The molecular formula is C15H20N2OS. The molecule has 4 heteroatoms. The largest absolute Gasteiger partial charge is 0.361 e. The van der Waals surface area contributed by atoms with Crippen LogP contribution in [0.1, 0.15) is 30.4 Å². The van der Waals surface area contributed by atoms with Crippen LogP contribution in [0.3, 0.4) is 0 Å². The predicted molar refractivity (Wildman–Crippen MR) is 79.2 cm³/mol. The Morgan fingerprint density at radius 2 is 2.21 bits per heavy atom. The molecule has 1 aromatic heterocycles. The fourth-order valence-electron chi connectivity index (χ4n) is 1.80. The van der Waals surface area contributed by atoms with Crippen molar-refractivity contribution in [2.75, 3.05) is 6.54 Å². The Balaban J connectivity index is 1.87. The summed E-state index contributed by atoms with van der Waals surface area (Å²) in [6.07, 6.45) is 1.17. The van der Waals surface area contributed by atoms with Gasteiger partial charge >= 0.3 is 0 Å². The minimum Gasteiger partial charge on any atom is -0.361 e. The number of thioether (sulfide) groups is 1. The van der Waals surface area contributed by atoms with Gasteiger partial charge in [0.15, 0.2) is 0 Å². The van der Waals surface area contributed by atoms with E-state index in [0.29, 0.717) is 0 Å². The van der Waals surface area contributed by atoms with Crippen molar-refractivity contribution in [1.82, 2.24) is 10.5 Å². The summed E-state index contributed by atoms with van der Waals surface area (Å²) in [5.41, 5.74) is 2.33. The van der Waals surface area contributed by atoms with Crippen LogP contribution >= 0.6 is 11.8 Å². The third-order valence-corrected chi connectivity index (χ3v) is 3.75. The van der Waals surface area contributed by atoms with E-state index in [1.165, 1.54) is 16.9 Å². The molecule has 0 unspecified atom stereocenters. The summed E-state index contributed by atoms with van der Waals surface area (Å²) in [5, 5.41) is 7.42. The first kappa shape index (κ1) is 14.2. The van der Waals surface area contributed by atoms with Crippen LogP contribution < -0.4 is 5.32 Å². The van der Waals surface area contributed by atoms with Gasteiger partial charge in [0.05, 0.1) is 5.69 Å². The van der Waals surface area contributed by atoms with Crippen LogP contribution in [-0.4, -0.2) is 11.7 Å². The van der Waals surface area contributed by atoms with Crippen LogP contribution in [0.2, 0.25) is 0 Å². The first-order chi connectivity index (χ1) is 9.28. The van der Waals surface area contributed by atoms with E-state index < -0.39 is 0 Å². The Labute approximate surface area is 118 Å². The molecule has 0 aliphatic rings. The quantitative estimate of drug-likeness (QED) is 0.617. The zero-order valence-corrected chi connectivity index (χ0v) is 12.3. The van der Waals surface area contributed by atoms with Crippen LogP contribution in [0.4, 0.5) is 0 Å². The molecule has 0 bridgehead atoms. The summed E-state index contributed by atoms with van der Waals surface area (Å²) in [6.45, 7) is 6.10. The highest BCUT2D eigenvalue weighted by Crippen LogP contribution is 2.23. The number of rotatable bonds is 7. The van der Waals surface area contributed by atoms with Crippen molar-refractivity contribution in [1.29, 1.82) is 0 Å². The smallest absolute Gasteiger partial charge is 0.133 e. The molecule has 0 radical (unpaired) electrons. The van der Waals surface area contributed by atoms with Gasteiger partial charge in [0.2, 0.25) is 0 Å². The molecule has 0 aliphatic carbocycles. The second kappa shape index (κ2) is 7.36. The molecule has 0 saturated carbocycles. The van der Waals surface area contributed by atoms with Gasteiger partial charge in [-0.3, -0.25) is 0 Å². The zero-order chi connectivity index (χ0) is 13.5. The molecule has 0 fully saturated rings. The van der Waals surface area contributed by atoms with Gasteiger partial charge in [-0.05, 0) is 37.6 Å². The van der Waals surface area contributed by atoms with Crippen molar-refractivity contribution in [2.45, 2.75) is 37.5 Å². The van der Waals surface area contributed by atoms with Crippen molar-refractivity contribution in [3.8, 4) is 0 Å². The lowest BCUT2D eigenvalue weighted by molar-refractivity contribution is 0.393. The maximum atomic E-state index is 5.07. The van der Waals surface area contributed by atoms with Gasteiger partial charge in [-0.2, -0.15) is 0 Å². The number of benzene rings is 1. The predicted octanol–water partition coefficient (Wildman–Crippen LogP) is 3.77. The lowest BCUT2D eigenvalue weighted by atomic mass is 10.2. The second-order valence-corrected chi connectivity index (χ2v) is 5.59. The average Bonchev–Trinajstić information content (AvgIpc) is 2.83. The van der Waals surface area contributed by atoms with Crippen LogP contribution in [0.25, 0.3) is 0 Å². The van der Waals surface area contributed by atoms with Gasteiger partial charge < -0.3 is 9.84 Å². The molecule has 0 saturated heterocycles. The van der Waals surface area contributed by atoms with E-state index in [1.807, 2.05) is 13.0 Å². The SMILES string of the molecule is CCCNCc1cccc(SCc2cc(C)on2)c1. The number of nitrogens with zero attached hydrogens (tertiary/aromatic N) is 1. The molecule has 0 atom stereocenters. The molecule has 3 nitrogen and oxygen atoms in total. The fraction of sp³-hybridized carbons (Fsp3) is 0.400. The van der Waals surface area contributed by atoms with Gasteiger partial charge in [0, 0.05) is 23.3 Å². The topological polar surface area (TPSA) is 38.1 Å². The molecule has 19 heavy (non-hydrogen) atoms. The number of hydrogen-bond donors (Lipinski definition) is 1. The van der Waals surface area contributed by atoms with E-state index in [-0.39, 0.29) is 0 Å². The van der Waals surface area contributed by atoms with Crippen molar-refractivity contribution >= 4 is 11.8 Å². The van der Waals surface area contributed by atoms with E-state index in [2.05, 4.69) is 41.7 Å². The van der Waals surface area contributed by atoms with Gasteiger partial charge in [0.1, 0.15) is 5.76 Å². The Kier molecular flexibility index (Phi) is 5.48. The second-order valence-electron chi connectivity index (χ2n) is 4.54. The lowest BCUT2D eigenvalue weighted by Crippen LogP contribution is -2.13. The van der Waals surface area contributed by atoms with Crippen molar-refractivity contribution in [3.05, 3.63) is 47.3 Å². The lowest BCUT2D eigenvalue weighted by Gasteiger charge is -2.05. The Hall–Kier alpha value is -1.26. The molecule has 0 spiro atoms. The van der Waals surface area contributed by atoms with Crippen LogP contribution in [-0.2, 0) is 12.3 Å². The third kappa shape index (κ3) is 4.73. The molecule has 1 heterocycles. The molecule has 0 aliphatic heterocycles. The van der Waals surface area contributed by atoms with E-state index >= 15 is 0 Å².